The van der Waals surface area contributed by atoms with Crippen molar-refractivity contribution in [3.8, 4) is 0 Å². The van der Waals surface area contributed by atoms with Gasteiger partial charge in [0, 0.05) is 22.6 Å². The fourth-order valence-corrected chi connectivity index (χ4v) is 1.73. The van der Waals surface area contributed by atoms with Crippen molar-refractivity contribution in [1.29, 1.82) is 0 Å². The Balaban J connectivity index is 2.32. The third-order valence-corrected chi connectivity index (χ3v) is 2.83. The Kier molecular flexibility index (Phi) is 3.37. The largest absolute Gasteiger partial charge is 0.478 e. The number of nitrogen functional groups attached to an aromatic ring is 1. The highest BCUT2D eigenvalue weighted by Crippen LogP contribution is 2.25. The van der Waals surface area contributed by atoms with E-state index in [0.29, 0.717) is 16.9 Å². The van der Waals surface area contributed by atoms with Crippen LogP contribution < -0.4 is 11.1 Å². The lowest BCUT2D eigenvalue weighted by molar-refractivity contribution is 0.0698. The first kappa shape index (κ1) is 12.9. The highest BCUT2D eigenvalue weighted by Gasteiger charge is 2.09. The second-order valence-electron chi connectivity index (χ2n) is 4.14. The number of anilines is 3. The predicted octanol–water partition coefficient (Wildman–Crippen LogP) is 3.16. The number of nitrogens with one attached hydrogen (secondary N) is 1. The Labute approximate surface area is 109 Å². The molecule has 2 rings (SSSR count). The predicted molar refractivity (Wildman–Crippen MR) is 72.2 cm³/mol. The van der Waals surface area contributed by atoms with Crippen LogP contribution in [0.3, 0.4) is 0 Å². The van der Waals surface area contributed by atoms with Crippen molar-refractivity contribution in [1.82, 2.24) is 0 Å². The van der Waals surface area contributed by atoms with Crippen LogP contribution in [0.25, 0.3) is 0 Å². The van der Waals surface area contributed by atoms with E-state index in [1.165, 1.54) is 18.2 Å². The van der Waals surface area contributed by atoms with Crippen LogP contribution in [0.4, 0.5) is 21.5 Å². The molecule has 2 aromatic rings. The van der Waals surface area contributed by atoms with Gasteiger partial charge in [-0.05, 0) is 37.3 Å². The Morgan fingerprint density at radius 1 is 1.32 bits per heavy atom. The standard InChI is InChI=1S/C14H13FN2O2/c1-8-11(15)3-2-4-13(8)17-9-5-6-10(14(18)19)12(16)7-9/h2-7,17H,16H2,1H3,(H,18,19). The Bertz CT molecular complexity index is 641. The van der Waals surface area contributed by atoms with Crippen LogP contribution in [0.15, 0.2) is 36.4 Å². The molecule has 4 nitrogen and oxygen atoms in total. The molecule has 0 saturated carbocycles. The molecule has 0 unspecified atom stereocenters. The zero-order valence-corrected chi connectivity index (χ0v) is 10.3. The quantitative estimate of drug-likeness (QED) is 0.741. The average molecular weight is 260 g/mol. The van der Waals surface area contributed by atoms with Crippen LogP contribution in [0, 0.1) is 12.7 Å². The first-order valence-corrected chi connectivity index (χ1v) is 5.64. The Morgan fingerprint density at radius 3 is 2.68 bits per heavy atom. The normalized spacial score (nSPS) is 10.2. The summed E-state index contributed by atoms with van der Waals surface area (Å²) < 4.78 is 13.4. The first-order chi connectivity index (χ1) is 8.99. The minimum absolute atomic E-state index is 0.0431. The maximum Gasteiger partial charge on any atom is 0.337 e. The van der Waals surface area contributed by atoms with E-state index in [1.807, 2.05) is 0 Å². The van der Waals surface area contributed by atoms with Crippen LogP contribution in [-0.2, 0) is 0 Å². The summed E-state index contributed by atoms with van der Waals surface area (Å²) in [7, 11) is 0. The van der Waals surface area contributed by atoms with Gasteiger partial charge in [0.1, 0.15) is 5.82 Å². The minimum atomic E-state index is -1.08. The topological polar surface area (TPSA) is 75.3 Å². The third-order valence-electron chi connectivity index (χ3n) is 2.83. The fraction of sp³-hybridized carbons (Fsp3) is 0.0714. The van der Waals surface area contributed by atoms with Gasteiger partial charge < -0.3 is 16.2 Å². The van der Waals surface area contributed by atoms with E-state index in [9.17, 15) is 9.18 Å². The number of carboxylic acid groups (broad SMARTS) is 1. The van der Waals surface area contributed by atoms with Crippen molar-refractivity contribution in [3.63, 3.8) is 0 Å². The maximum absolute atomic E-state index is 13.4. The van der Waals surface area contributed by atoms with E-state index in [-0.39, 0.29) is 17.1 Å². The molecule has 0 amide bonds. The molecule has 0 spiro atoms. The summed E-state index contributed by atoms with van der Waals surface area (Å²) in [5.74, 6) is -1.38. The molecule has 0 saturated heterocycles. The summed E-state index contributed by atoms with van der Waals surface area (Å²) >= 11 is 0. The number of nitrogens with two attached hydrogens (primary N) is 1. The van der Waals surface area contributed by atoms with Gasteiger partial charge in [0.15, 0.2) is 0 Å². The Hall–Kier alpha value is -2.56. The zero-order valence-electron chi connectivity index (χ0n) is 10.3. The van der Waals surface area contributed by atoms with Crippen molar-refractivity contribution < 1.29 is 14.3 Å². The molecular weight excluding hydrogens is 247 g/mol. The van der Waals surface area contributed by atoms with E-state index in [4.69, 9.17) is 10.8 Å². The molecule has 0 aliphatic rings. The first-order valence-electron chi connectivity index (χ1n) is 5.64. The number of rotatable bonds is 3. The summed E-state index contributed by atoms with van der Waals surface area (Å²) in [5, 5.41) is 11.9. The molecule has 0 fully saturated rings. The summed E-state index contributed by atoms with van der Waals surface area (Å²) in [6, 6.07) is 9.22. The molecule has 19 heavy (non-hydrogen) atoms. The minimum Gasteiger partial charge on any atom is -0.478 e. The molecule has 4 N–H and O–H groups in total. The maximum atomic E-state index is 13.4. The van der Waals surface area contributed by atoms with Crippen molar-refractivity contribution in [2.24, 2.45) is 0 Å². The van der Waals surface area contributed by atoms with Crippen molar-refractivity contribution >= 4 is 23.0 Å². The molecule has 0 heterocycles. The van der Waals surface area contributed by atoms with Gasteiger partial charge in [0.25, 0.3) is 0 Å². The highest BCUT2D eigenvalue weighted by molar-refractivity contribution is 5.94. The van der Waals surface area contributed by atoms with Crippen molar-refractivity contribution in [3.05, 3.63) is 53.3 Å². The molecule has 0 aliphatic heterocycles. The second-order valence-corrected chi connectivity index (χ2v) is 4.14. The lowest BCUT2D eigenvalue weighted by Gasteiger charge is -2.11. The molecule has 0 aliphatic carbocycles. The molecule has 0 atom stereocenters. The van der Waals surface area contributed by atoms with Gasteiger partial charge in [-0.1, -0.05) is 6.07 Å². The summed E-state index contributed by atoms with van der Waals surface area (Å²) in [6.45, 7) is 1.66. The molecular formula is C14H13FN2O2. The SMILES string of the molecule is Cc1c(F)cccc1Nc1ccc(C(=O)O)c(N)c1. The van der Waals surface area contributed by atoms with Crippen LogP contribution in [0.2, 0.25) is 0 Å². The number of halogens is 1. The zero-order chi connectivity index (χ0) is 14.0. The van der Waals surface area contributed by atoms with E-state index in [0.717, 1.165) is 0 Å². The van der Waals surface area contributed by atoms with E-state index >= 15 is 0 Å². The summed E-state index contributed by atoms with van der Waals surface area (Å²) in [4.78, 5) is 10.8. The smallest absolute Gasteiger partial charge is 0.337 e. The van der Waals surface area contributed by atoms with Crippen molar-refractivity contribution in [2.45, 2.75) is 6.92 Å². The number of hydrogen-bond donors (Lipinski definition) is 3. The van der Waals surface area contributed by atoms with Gasteiger partial charge in [-0.15, -0.1) is 0 Å². The number of carbonyl (C=O) groups is 1. The second kappa shape index (κ2) is 4.97. The van der Waals surface area contributed by atoms with Gasteiger partial charge in [-0.3, -0.25) is 0 Å². The summed E-state index contributed by atoms with van der Waals surface area (Å²) in [6.07, 6.45) is 0. The Morgan fingerprint density at radius 2 is 2.05 bits per heavy atom. The van der Waals surface area contributed by atoms with Crippen LogP contribution in [-0.4, -0.2) is 11.1 Å². The van der Waals surface area contributed by atoms with Crippen LogP contribution >= 0.6 is 0 Å². The molecule has 0 radical (unpaired) electrons. The number of aromatic carboxylic acids is 1. The molecule has 2 aromatic carbocycles. The van der Waals surface area contributed by atoms with E-state index < -0.39 is 5.97 Å². The van der Waals surface area contributed by atoms with Crippen LogP contribution in [0.1, 0.15) is 15.9 Å². The van der Waals surface area contributed by atoms with E-state index in [1.54, 1.807) is 25.1 Å². The molecule has 0 aromatic heterocycles. The molecule has 98 valence electrons. The monoisotopic (exact) mass is 260 g/mol. The molecule has 0 bridgehead atoms. The van der Waals surface area contributed by atoms with Gasteiger partial charge in [-0.2, -0.15) is 0 Å². The van der Waals surface area contributed by atoms with Gasteiger partial charge >= 0.3 is 5.97 Å². The van der Waals surface area contributed by atoms with Crippen LogP contribution in [0.5, 0.6) is 0 Å². The van der Waals surface area contributed by atoms with Crippen molar-refractivity contribution in [2.75, 3.05) is 11.1 Å². The van der Waals surface area contributed by atoms with E-state index in [2.05, 4.69) is 5.32 Å². The highest BCUT2D eigenvalue weighted by atomic mass is 19.1. The lowest BCUT2D eigenvalue weighted by atomic mass is 10.1. The molecule has 5 heteroatoms. The van der Waals surface area contributed by atoms with Gasteiger partial charge in [-0.25, -0.2) is 9.18 Å². The lowest BCUT2D eigenvalue weighted by Crippen LogP contribution is -2.03. The van der Waals surface area contributed by atoms with Gasteiger partial charge in [0.2, 0.25) is 0 Å². The fourth-order valence-electron chi connectivity index (χ4n) is 1.73. The van der Waals surface area contributed by atoms with Gasteiger partial charge in [0.05, 0.1) is 5.56 Å². The number of carboxylic acids is 1. The number of hydrogen-bond acceptors (Lipinski definition) is 3. The summed E-state index contributed by atoms with van der Waals surface area (Å²) in [5.41, 5.74) is 7.56. The number of benzene rings is 2. The third kappa shape index (κ3) is 2.65. The average Bonchev–Trinajstić information content (AvgIpc) is 2.34.